The van der Waals surface area contributed by atoms with Crippen LogP contribution < -0.4 is 0 Å². The minimum atomic E-state index is -0.376. The second kappa shape index (κ2) is 5.67. The van der Waals surface area contributed by atoms with E-state index in [-0.39, 0.29) is 11.6 Å². The largest absolute Gasteiger partial charge is 0.508 e. The van der Waals surface area contributed by atoms with Crippen molar-refractivity contribution in [2.24, 2.45) is 0 Å². The van der Waals surface area contributed by atoms with Gasteiger partial charge in [-0.3, -0.25) is 4.90 Å². The van der Waals surface area contributed by atoms with Gasteiger partial charge in [0.1, 0.15) is 11.6 Å². The van der Waals surface area contributed by atoms with Crippen LogP contribution in [0.15, 0.2) is 18.2 Å². The zero-order valence-corrected chi connectivity index (χ0v) is 11.1. The van der Waals surface area contributed by atoms with Crippen LogP contribution in [-0.2, 0) is 6.54 Å². The number of hydrogen-bond donors (Lipinski definition) is 1. The normalized spacial score (nSPS) is 21.4. The molecule has 1 N–H and O–H groups in total. The summed E-state index contributed by atoms with van der Waals surface area (Å²) in [5.74, 6) is -0.377. The molecule has 100 valence electrons. The molecule has 1 fully saturated rings. The Balaban J connectivity index is 1.99. The second-order valence-electron chi connectivity index (χ2n) is 5.29. The van der Waals surface area contributed by atoms with Crippen molar-refractivity contribution in [2.45, 2.75) is 25.4 Å². The Kier molecular flexibility index (Phi) is 4.19. The van der Waals surface area contributed by atoms with Crippen LogP contribution in [0.4, 0.5) is 4.39 Å². The van der Waals surface area contributed by atoms with E-state index >= 15 is 0 Å². The van der Waals surface area contributed by atoms with Crippen LogP contribution in [0, 0.1) is 5.82 Å². The van der Waals surface area contributed by atoms with Crippen LogP contribution in [0.3, 0.4) is 0 Å². The molecule has 1 heterocycles. The number of aromatic hydroxyl groups is 1. The highest BCUT2D eigenvalue weighted by Crippen LogP contribution is 2.19. The molecule has 0 saturated carbocycles. The van der Waals surface area contributed by atoms with Crippen LogP contribution in [-0.4, -0.2) is 48.1 Å². The van der Waals surface area contributed by atoms with Gasteiger partial charge in [0, 0.05) is 25.2 Å². The molecule has 1 saturated heterocycles. The van der Waals surface area contributed by atoms with Gasteiger partial charge >= 0.3 is 0 Å². The average Bonchev–Trinajstić information content (AvgIpc) is 2.27. The van der Waals surface area contributed by atoms with Crippen molar-refractivity contribution >= 4 is 0 Å². The molecular weight excluding hydrogens is 231 g/mol. The molecule has 0 spiro atoms. The van der Waals surface area contributed by atoms with Crippen LogP contribution in [0.25, 0.3) is 0 Å². The van der Waals surface area contributed by atoms with Gasteiger partial charge in [-0.1, -0.05) is 0 Å². The number of nitrogens with zero attached hydrogens (tertiary/aromatic N) is 2. The first-order valence-corrected chi connectivity index (χ1v) is 6.42. The molecule has 4 heteroatoms. The molecule has 1 aliphatic heterocycles. The summed E-state index contributed by atoms with van der Waals surface area (Å²) < 4.78 is 13.2. The molecule has 0 amide bonds. The van der Waals surface area contributed by atoms with E-state index in [4.69, 9.17) is 0 Å². The quantitative estimate of drug-likeness (QED) is 0.892. The van der Waals surface area contributed by atoms with Crippen molar-refractivity contribution in [1.29, 1.82) is 0 Å². The van der Waals surface area contributed by atoms with Gasteiger partial charge in [0.2, 0.25) is 0 Å². The molecule has 3 nitrogen and oxygen atoms in total. The fourth-order valence-corrected chi connectivity index (χ4v) is 2.64. The molecule has 2 rings (SSSR count). The lowest BCUT2D eigenvalue weighted by Crippen LogP contribution is -2.44. The third-order valence-corrected chi connectivity index (χ3v) is 3.60. The summed E-state index contributed by atoms with van der Waals surface area (Å²) in [6, 6.07) is 4.77. The average molecular weight is 252 g/mol. The molecule has 1 atom stereocenters. The Morgan fingerprint density at radius 2 is 2.22 bits per heavy atom. The van der Waals surface area contributed by atoms with Crippen LogP contribution >= 0.6 is 0 Å². The molecule has 18 heavy (non-hydrogen) atoms. The monoisotopic (exact) mass is 252 g/mol. The molecule has 0 bridgehead atoms. The SMILES string of the molecule is CN1CCCC(N(C)Cc2cc(O)cc(F)c2)C1. The Morgan fingerprint density at radius 1 is 1.44 bits per heavy atom. The van der Waals surface area contributed by atoms with Crippen molar-refractivity contribution in [3.05, 3.63) is 29.6 Å². The zero-order valence-electron chi connectivity index (χ0n) is 11.1. The van der Waals surface area contributed by atoms with E-state index in [1.165, 1.54) is 18.9 Å². The van der Waals surface area contributed by atoms with Crippen molar-refractivity contribution < 1.29 is 9.50 Å². The number of piperidine rings is 1. The van der Waals surface area contributed by atoms with Crippen LogP contribution in [0.1, 0.15) is 18.4 Å². The van der Waals surface area contributed by atoms with Crippen molar-refractivity contribution in [3.63, 3.8) is 0 Å². The fraction of sp³-hybridized carbons (Fsp3) is 0.571. The maximum atomic E-state index is 13.2. The number of phenolic OH excluding ortho intramolecular Hbond substituents is 1. The summed E-state index contributed by atoms with van der Waals surface area (Å²) in [5.41, 5.74) is 0.822. The first-order valence-electron chi connectivity index (χ1n) is 6.42. The van der Waals surface area contributed by atoms with E-state index in [1.807, 2.05) is 0 Å². The third-order valence-electron chi connectivity index (χ3n) is 3.60. The molecule has 0 aliphatic carbocycles. The highest BCUT2D eigenvalue weighted by molar-refractivity contribution is 5.28. The maximum Gasteiger partial charge on any atom is 0.127 e. The highest BCUT2D eigenvalue weighted by Gasteiger charge is 2.21. The number of likely N-dealkylation sites (N-methyl/N-ethyl adjacent to an activating group) is 2. The second-order valence-corrected chi connectivity index (χ2v) is 5.29. The molecular formula is C14H21FN2O. The maximum absolute atomic E-state index is 13.2. The number of halogens is 1. The Bertz CT molecular complexity index is 391. The summed E-state index contributed by atoms with van der Waals surface area (Å²) in [6.45, 7) is 2.88. The topological polar surface area (TPSA) is 26.7 Å². The van der Waals surface area contributed by atoms with Gasteiger partial charge in [0.05, 0.1) is 0 Å². The third kappa shape index (κ3) is 3.43. The van der Waals surface area contributed by atoms with Gasteiger partial charge in [-0.25, -0.2) is 4.39 Å². The molecule has 0 aromatic heterocycles. The van der Waals surface area contributed by atoms with E-state index < -0.39 is 0 Å². The molecule has 1 aromatic carbocycles. The Hall–Kier alpha value is -1.13. The number of benzene rings is 1. The summed E-state index contributed by atoms with van der Waals surface area (Å²) in [6.07, 6.45) is 2.39. The summed E-state index contributed by atoms with van der Waals surface area (Å²) in [7, 11) is 4.19. The molecule has 1 aromatic rings. The number of phenols is 1. The molecule has 0 radical (unpaired) electrons. The number of likely N-dealkylation sites (tertiary alicyclic amines) is 1. The van der Waals surface area contributed by atoms with Gasteiger partial charge in [-0.15, -0.1) is 0 Å². The summed E-state index contributed by atoms with van der Waals surface area (Å²) in [4.78, 5) is 4.57. The predicted molar refractivity (Wildman–Crippen MR) is 70.1 cm³/mol. The van der Waals surface area contributed by atoms with Gasteiger partial charge in [-0.05, 0) is 51.2 Å². The van der Waals surface area contributed by atoms with Crippen LogP contribution in [0.2, 0.25) is 0 Å². The van der Waals surface area contributed by atoms with E-state index in [0.29, 0.717) is 12.6 Å². The Labute approximate surface area is 108 Å². The minimum Gasteiger partial charge on any atom is -0.508 e. The standard InChI is InChI=1S/C14H21FN2O/c1-16-5-3-4-13(10-16)17(2)9-11-6-12(15)8-14(18)7-11/h6-8,13,18H,3-5,9-10H2,1-2H3. The smallest absolute Gasteiger partial charge is 0.127 e. The van der Waals surface area contributed by atoms with E-state index in [0.717, 1.165) is 24.7 Å². The zero-order chi connectivity index (χ0) is 13.1. The minimum absolute atomic E-state index is 0.000776. The predicted octanol–water partition coefficient (Wildman–Crippen LogP) is 2.06. The van der Waals surface area contributed by atoms with E-state index in [1.54, 1.807) is 6.07 Å². The fourth-order valence-electron chi connectivity index (χ4n) is 2.64. The Morgan fingerprint density at radius 3 is 2.89 bits per heavy atom. The lowest BCUT2D eigenvalue weighted by Gasteiger charge is -2.35. The van der Waals surface area contributed by atoms with Crippen LogP contribution in [0.5, 0.6) is 5.75 Å². The van der Waals surface area contributed by atoms with E-state index in [2.05, 4.69) is 23.9 Å². The van der Waals surface area contributed by atoms with Gasteiger partial charge in [0.25, 0.3) is 0 Å². The van der Waals surface area contributed by atoms with Gasteiger partial charge in [-0.2, -0.15) is 0 Å². The number of rotatable bonds is 3. The lowest BCUT2D eigenvalue weighted by atomic mass is 10.0. The van der Waals surface area contributed by atoms with Crippen molar-refractivity contribution in [2.75, 3.05) is 27.2 Å². The van der Waals surface area contributed by atoms with Crippen molar-refractivity contribution in [3.8, 4) is 5.75 Å². The summed E-state index contributed by atoms with van der Waals surface area (Å²) >= 11 is 0. The number of hydrogen-bond acceptors (Lipinski definition) is 3. The first-order chi connectivity index (χ1) is 8.54. The van der Waals surface area contributed by atoms with Crippen molar-refractivity contribution in [1.82, 2.24) is 9.80 Å². The van der Waals surface area contributed by atoms with Gasteiger partial charge < -0.3 is 10.0 Å². The molecule has 1 aliphatic rings. The summed E-state index contributed by atoms with van der Waals surface area (Å²) in [5, 5.41) is 9.39. The highest BCUT2D eigenvalue weighted by atomic mass is 19.1. The first kappa shape index (κ1) is 13.3. The molecule has 1 unspecified atom stereocenters. The van der Waals surface area contributed by atoms with Gasteiger partial charge in [0.15, 0.2) is 0 Å². The van der Waals surface area contributed by atoms with E-state index in [9.17, 15) is 9.50 Å². The lowest BCUT2D eigenvalue weighted by molar-refractivity contribution is 0.129.